The van der Waals surface area contributed by atoms with Gasteiger partial charge in [-0.15, -0.1) is 0 Å². The van der Waals surface area contributed by atoms with E-state index in [1.807, 2.05) is 7.05 Å². The molecule has 8 heteroatoms. The van der Waals surface area contributed by atoms with Crippen molar-refractivity contribution in [2.45, 2.75) is 69.0 Å². The Kier molecular flexibility index (Phi) is 3.71. The first-order chi connectivity index (χ1) is 14.2. The Morgan fingerprint density at radius 2 is 1.70 bits per heavy atom. The van der Waals surface area contributed by atoms with E-state index in [-0.39, 0.29) is 28.7 Å². The molecule has 4 bridgehead atoms. The molecule has 5 aliphatic carbocycles. The molecule has 0 saturated heterocycles. The molecular formula is C22H25F3N4O. The minimum atomic E-state index is -4.55. The quantitative estimate of drug-likeness (QED) is 0.728. The first-order valence-corrected chi connectivity index (χ1v) is 11.0. The fourth-order valence-electron chi connectivity index (χ4n) is 6.75. The molecule has 2 aromatic heterocycles. The van der Waals surface area contributed by atoms with Gasteiger partial charge in [-0.2, -0.15) is 18.3 Å². The van der Waals surface area contributed by atoms with E-state index in [2.05, 4.69) is 10.1 Å². The van der Waals surface area contributed by atoms with Gasteiger partial charge in [0.05, 0.1) is 0 Å². The number of alkyl halides is 3. The van der Waals surface area contributed by atoms with Gasteiger partial charge in [-0.25, -0.2) is 9.50 Å². The maximum absolute atomic E-state index is 13.7. The average Bonchev–Trinajstić information content (AvgIpc) is 3.43. The van der Waals surface area contributed by atoms with E-state index < -0.39 is 11.9 Å². The molecule has 2 aromatic rings. The number of hydrogen-bond donors (Lipinski definition) is 0. The molecular weight excluding hydrogens is 393 g/mol. The Balaban J connectivity index is 1.37. The molecule has 0 atom stereocenters. The molecule has 1 amide bonds. The normalized spacial score (nSPS) is 32.7. The van der Waals surface area contributed by atoms with Gasteiger partial charge in [0.2, 0.25) is 0 Å². The van der Waals surface area contributed by atoms with Gasteiger partial charge in [0.25, 0.3) is 5.91 Å². The number of hydrogen-bond acceptors (Lipinski definition) is 3. The second-order valence-corrected chi connectivity index (χ2v) is 10.1. The van der Waals surface area contributed by atoms with Crippen molar-refractivity contribution in [3.63, 3.8) is 0 Å². The number of aromatic nitrogens is 3. The second-order valence-electron chi connectivity index (χ2n) is 10.1. The minimum absolute atomic E-state index is 0.0548. The minimum Gasteiger partial charge on any atom is -0.335 e. The molecule has 30 heavy (non-hydrogen) atoms. The first-order valence-electron chi connectivity index (χ1n) is 11.0. The molecule has 5 nitrogen and oxygen atoms in total. The van der Waals surface area contributed by atoms with Gasteiger partial charge in [-0.05, 0) is 75.2 Å². The molecule has 0 spiro atoms. The molecule has 0 aliphatic heterocycles. The number of amides is 1. The third kappa shape index (κ3) is 2.78. The lowest BCUT2D eigenvalue weighted by atomic mass is 9.52. The third-order valence-corrected chi connectivity index (χ3v) is 7.97. The first kappa shape index (κ1) is 18.6. The molecule has 5 fully saturated rings. The molecule has 0 unspecified atom stereocenters. The van der Waals surface area contributed by atoms with Crippen molar-refractivity contribution >= 4 is 11.6 Å². The van der Waals surface area contributed by atoms with E-state index in [9.17, 15) is 18.0 Å². The van der Waals surface area contributed by atoms with E-state index >= 15 is 0 Å². The lowest BCUT2D eigenvalue weighted by molar-refractivity contribution is -0.142. The summed E-state index contributed by atoms with van der Waals surface area (Å²) in [4.78, 5) is 19.6. The van der Waals surface area contributed by atoms with Gasteiger partial charge >= 0.3 is 6.18 Å². The zero-order valence-corrected chi connectivity index (χ0v) is 17.0. The molecule has 0 aromatic carbocycles. The van der Waals surface area contributed by atoms with Crippen LogP contribution in [-0.4, -0.2) is 38.0 Å². The predicted octanol–water partition coefficient (Wildman–Crippen LogP) is 4.67. The summed E-state index contributed by atoms with van der Waals surface area (Å²) in [5, 5.41) is 4.09. The van der Waals surface area contributed by atoms with Crippen LogP contribution in [0.5, 0.6) is 0 Å². The van der Waals surface area contributed by atoms with Crippen molar-refractivity contribution in [1.82, 2.24) is 19.5 Å². The zero-order chi connectivity index (χ0) is 20.8. The molecule has 5 saturated carbocycles. The van der Waals surface area contributed by atoms with Crippen LogP contribution < -0.4 is 0 Å². The van der Waals surface area contributed by atoms with Crippen LogP contribution in [-0.2, 0) is 6.18 Å². The van der Waals surface area contributed by atoms with Gasteiger partial charge in [0, 0.05) is 30.3 Å². The summed E-state index contributed by atoms with van der Waals surface area (Å²) in [6.07, 6.45) is 3.97. The zero-order valence-electron chi connectivity index (χ0n) is 17.0. The van der Waals surface area contributed by atoms with Crippen molar-refractivity contribution in [3.8, 4) is 0 Å². The molecule has 160 valence electrons. The Morgan fingerprint density at radius 1 is 1.10 bits per heavy atom. The van der Waals surface area contributed by atoms with Crippen LogP contribution in [0.4, 0.5) is 13.2 Å². The maximum Gasteiger partial charge on any atom is 0.433 e. The van der Waals surface area contributed by atoms with Crippen molar-refractivity contribution < 1.29 is 18.0 Å². The fraction of sp³-hybridized carbons (Fsp3) is 0.682. The molecule has 0 N–H and O–H groups in total. The summed E-state index contributed by atoms with van der Waals surface area (Å²) >= 11 is 0. The third-order valence-electron chi connectivity index (χ3n) is 7.97. The van der Waals surface area contributed by atoms with E-state index in [1.165, 1.54) is 25.3 Å². The standard InChI is InChI=1S/C22H25F3N4O/c1-28(21-9-12-4-13(10-21)6-14(5-12)11-21)20(30)17-8-19-26-16(15-2-3-15)7-18(22(23,24)25)29(19)27-17/h7-8,12-15H,2-6,9-11H2,1H3. The van der Waals surface area contributed by atoms with Gasteiger partial charge < -0.3 is 4.90 Å². The van der Waals surface area contributed by atoms with Crippen LogP contribution in [0.25, 0.3) is 5.65 Å². The summed E-state index contributed by atoms with van der Waals surface area (Å²) < 4.78 is 41.8. The predicted molar refractivity (Wildman–Crippen MR) is 103 cm³/mol. The van der Waals surface area contributed by atoms with E-state index in [0.717, 1.165) is 42.7 Å². The van der Waals surface area contributed by atoms with Gasteiger partial charge in [-0.1, -0.05) is 0 Å². The monoisotopic (exact) mass is 418 g/mol. The summed E-state index contributed by atoms with van der Waals surface area (Å²) in [5.74, 6) is 1.81. The van der Waals surface area contributed by atoms with Crippen LogP contribution in [0.1, 0.15) is 79.2 Å². The topological polar surface area (TPSA) is 50.5 Å². The number of fused-ring (bicyclic) bond motifs is 1. The van der Waals surface area contributed by atoms with Crippen molar-refractivity contribution in [3.05, 3.63) is 29.2 Å². The number of nitrogens with zero attached hydrogens (tertiary/aromatic N) is 4. The Bertz CT molecular complexity index is 1000. The van der Waals surface area contributed by atoms with Crippen molar-refractivity contribution in [1.29, 1.82) is 0 Å². The average molecular weight is 418 g/mol. The molecule has 0 radical (unpaired) electrons. The summed E-state index contributed by atoms with van der Waals surface area (Å²) in [6, 6.07) is 2.52. The maximum atomic E-state index is 13.7. The summed E-state index contributed by atoms with van der Waals surface area (Å²) in [5.41, 5.74) is -0.413. The number of carbonyl (C=O) groups excluding carboxylic acids is 1. The second kappa shape index (κ2) is 5.98. The molecule has 7 rings (SSSR count). The summed E-state index contributed by atoms with van der Waals surface area (Å²) in [7, 11) is 1.81. The lowest BCUT2D eigenvalue weighted by Gasteiger charge is -2.59. The highest BCUT2D eigenvalue weighted by Gasteiger charge is 2.54. The van der Waals surface area contributed by atoms with Crippen LogP contribution in [0.15, 0.2) is 12.1 Å². The van der Waals surface area contributed by atoms with Crippen LogP contribution in [0.2, 0.25) is 0 Å². The van der Waals surface area contributed by atoms with Gasteiger partial charge in [-0.3, -0.25) is 4.79 Å². The highest BCUT2D eigenvalue weighted by Crippen LogP contribution is 2.57. The van der Waals surface area contributed by atoms with Gasteiger partial charge in [0.15, 0.2) is 11.3 Å². The highest BCUT2D eigenvalue weighted by atomic mass is 19.4. The molecule has 2 heterocycles. The van der Waals surface area contributed by atoms with Crippen molar-refractivity contribution in [2.24, 2.45) is 17.8 Å². The number of halogens is 3. The Hall–Kier alpha value is -2.12. The SMILES string of the molecule is CN(C(=O)c1cc2nc(C3CC3)cc(C(F)(F)F)n2n1)C12CC3CC(CC(C3)C1)C2. The van der Waals surface area contributed by atoms with Crippen LogP contribution in [0.3, 0.4) is 0 Å². The van der Waals surface area contributed by atoms with Crippen LogP contribution >= 0.6 is 0 Å². The van der Waals surface area contributed by atoms with E-state index in [1.54, 1.807) is 4.90 Å². The fourth-order valence-corrected chi connectivity index (χ4v) is 6.75. The van der Waals surface area contributed by atoms with E-state index in [4.69, 9.17) is 0 Å². The van der Waals surface area contributed by atoms with E-state index in [0.29, 0.717) is 23.4 Å². The van der Waals surface area contributed by atoms with Crippen molar-refractivity contribution in [2.75, 3.05) is 7.05 Å². The van der Waals surface area contributed by atoms with Gasteiger partial charge in [0.1, 0.15) is 5.69 Å². The highest BCUT2D eigenvalue weighted by molar-refractivity contribution is 5.93. The Labute approximate surface area is 172 Å². The largest absolute Gasteiger partial charge is 0.433 e. The number of carbonyl (C=O) groups is 1. The number of rotatable bonds is 3. The molecule has 5 aliphatic rings. The smallest absolute Gasteiger partial charge is 0.335 e. The van der Waals surface area contributed by atoms with Crippen LogP contribution in [0, 0.1) is 17.8 Å². The Morgan fingerprint density at radius 3 is 2.23 bits per heavy atom. The summed E-state index contributed by atoms with van der Waals surface area (Å²) in [6.45, 7) is 0. The lowest BCUT2D eigenvalue weighted by Crippen LogP contribution is -2.60.